The third-order valence-electron chi connectivity index (χ3n) is 4.51. The summed E-state index contributed by atoms with van der Waals surface area (Å²) >= 11 is 0. The monoisotopic (exact) mass is 334 g/mol. The molecule has 1 unspecified atom stereocenters. The number of amides is 1. The van der Waals surface area contributed by atoms with Crippen molar-refractivity contribution in [3.8, 4) is 0 Å². The van der Waals surface area contributed by atoms with E-state index >= 15 is 0 Å². The second-order valence-electron chi connectivity index (χ2n) is 6.22. The van der Waals surface area contributed by atoms with Crippen LogP contribution in [-0.4, -0.2) is 28.8 Å². The van der Waals surface area contributed by atoms with Gasteiger partial charge in [-0.15, -0.1) is 0 Å². The number of aryl methyl sites for hydroxylation is 1. The molecule has 0 radical (unpaired) electrons. The number of aromatic nitrogens is 2. The smallest absolute Gasteiger partial charge is 0.225 e. The largest absolute Gasteiger partial charge is 0.349 e. The van der Waals surface area contributed by atoms with E-state index in [2.05, 4.69) is 15.7 Å². The Labute approximate surface area is 139 Å². The summed E-state index contributed by atoms with van der Waals surface area (Å²) in [5.74, 6) is -2.08. The van der Waals surface area contributed by atoms with Crippen LogP contribution in [0.4, 0.5) is 8.78 Å². The summed E-state index contributed by atoms with van der Waals surface area (Å²) in [5.41, 5.74) is 1.55. The molecule has 0 saturated carbocycles. The Hall–Kier alpha value is -2.28. The first-order valence-corrected chi connectivity index (χ1v) is 7.90. The van der Waals surface area contributed by atoms with Crippen molar-refractivity contribution in [3.05, 3.63) is 53.4 Å². The average Bonchev–Trinajstić information content (AvgIpc) is 3.18. The van der Waals surface area contributed by atoms with Gasteiger partial charge < -0.3 is 10.6 Å². The average molecular weight is 334 g/mol. The molecule has 5 nitrogen and oxygen atoms in total. The Morgan fingerprint density at radius 1 is 1.38 bits per heavy atom. The molecule has 128 valence electrons. The van der Waals surface area contributed by atoms with Crippen LogP contribution in [0.3, 0.4) is 0 Å². The van der Waals surface area contributed by atoms with Gasteiger partial charge >= 0.3 is 0 Å². The van der Waals surface area contributed by atoms with Gasteiger partial charge in [0.2, 0.25) is 5.91 Å². The molecule has 0 bridgehead atoms. The van der Waals surface area contributed by atoms with E-state index in [1.807, 2.05) is 13.2 Å². The van der Waals surface area contributed by atoms with Gasteiger partial charge in [0.1, 0.15) is 0 Å². The zero-order chi connectivity index (χ0) is 17.3. The van der Waals surface area contributed by atoms with E-state index < -0.39 is 17.7 Å². The van der Waals surface area contributed by atoms with E-state index in [1.165, 1.54) is 6.07 Å². The molecule has 2 N–H and O–H groups in total. The summed E-state index contributed by atoms with van der Waals surface area (Å²) in [6.07, 6.45) is 3.69. The molecule has 1 aromatic carbocycles. The fraction of sp³-hybridized carbons (Fsp3) is 0.412. The normalized spacial score (nSPS) is 21.7. The quantitative estimate of drug-likeness (QED) is 0.898. The van der Waals surface area contributed by atoms with Crippen LogP contribution in [0.25, 0.3) is 0 Å². The molecule has 1 amide bonds. The predicted molar refractivity (Wildman–Crippen MR) is 85.2 cm³/mol. The van der Waals surface area contributed by atoms with Gasteiger partial charge in [0.25, 0.3) is 0 Å². The molecule has 3 rings (SSSR count). The molecule has 1 aromatic heterocycles. The minimum Gasteiger partial charge on any atom is -0.349 e. The molecule has 0 spiro atoms. The molecule has 2 heterocycles. The van der Waals surface area contributed by atoms with Gasteiger partial charge in [-0.1, -0.05) is 6.07 Å². The highest BCUT2D eigenvalue weighted by atomic mass is 19.2. The highest BCUT2D eigenvalue weighted by Crippen LogP contribution is 2.28. The Morgan fingerprint density at radius 2 is 2.17 bits per heavy atom. The molecule has 1 saturated heterocycles. The number of halogens is 2. The van der Waals surface area contributed by atoms with Crippen molar-refractivity contribution >= 4 is 5.91 Å². The van der Waals surface area contributed by atoms with Gasteiger partial charge in [0.05, 0.1) is 18.2 Å². The first-order valence-electron chi connectivity index (χ1n) is 7.90. The second kappa shape index (κ2) is 6.68. The van der Waals surface area contributed by atoms with E-state index in [9.17, 15) is 13.6 Å². The van der Waals surface area contributed by atoms with Crippen molar-refractivity contribution in [2.24, 2.45) is 13.0 Å². The van der Waals surface area contributed by atoms with Gasteiger partial charge in [-0.25, -0.2) is 8.78 Å². The van der Waals surface area contributed by atoms with Crippen LogP contribution in [-0.2, 0) is 11.8 Å². The SMILES string of the molecule is CC(NC(=O)[C@H]1CNC[C@@H]1c1cnn(C)c1)c1ccc(F)c(F)c1. The Morgan fingerprint density at radius 3 is 2.83 bits per heavy atom. The number of rotatable bonds is 4. The van der Waals surface area contributed by atoms with Crippen molar-refractivity contribution in [1.82, 2.24) is 20.4 Å². The van der Waals surface area contributed by atoms with Crippen LogP contribution < -0.4 is 10.6 Å². The lowest BCUT2D eigenvalue weighted by Gasteiger charge is -2.21. The van der Waals surface area contributed by atoms with Gasteiger partial charge in [0.15, 0.2) is 11.6 Å². The number of hydrogen-bond acceptors (Lipinski definition) is 3. The van der Waals surface area contributed by atoms with Gasteiger partial charge in [-0.2, -0.15) is 5.10 Å². The van der Waals surface area contributed by atoms with E-state index in [0.29, 0.717) is 18.7 Å². The third kappa shape index (κ3) is 3.31. The standard InChI is InChI=1S/C17H20F2N4O/c1-10(11-3-4-15(18)16(19)5-11)22-17(24)14-8-20-7-13(14)12-6-21-23(2)9-12/h3-6,9-10,13-14,20H,7-8H2,1-2H3,(H,22,24)/t10?,13-,14+/m1/s1. The van der Waals surface area contributed by atoms with Crippen LogP contribution >= 0.6 is 0 Å². The molecule has 7 heteroatoms. The third-order valence-corrected chi connectivity index (χ3v) is 4.51. The molecule has 3 atom stereocenters. The molecule has 1 aliphatic heterocycles. The van der Waals surface area contributed by atoms with Gasteiger partial charge in [-0.05, 0) is 30.2 Å². The number of carbonyl (C=O) groups excluding carboxylic acids is 1. The maximum Gasteiger partial charge on any atom is 0.225 e. The van der Waals surface area contributed by atoms with Crippen molar-refractivity contribution in [1.29, 1.82) is 0 Å². The van der Waals surface area contributed by atoms with Crippen LogP contribution in [0, 0.1) is 17.6 Å². The lowest BCUT2D eigenvalue weighted by atomic mass is 9.90. The lowest BCUT2D eigenvalue weighted by molar-refractivity contribution is -0.125. The maximum absolute atomic E-state index is 13.4. The fourth-order valence-corrected chi connectivity index (χ4v) is 3.12. The van der Waals surface area contributed by atoms with Crippen LogP contribution in [0.5, 0.6) is 0 Å². The highest BCUT2D eigenvalue weighted by Gasteiger charge is 2.35. The Balaban J connectivity index is 1.70. The topological polar surface area (TPSA) is 59.0 Å². The molecular formula is C17H20F2N4O. The maximum atomic E-state index is 13.4. The molecular weight excluding hydrogens is 314 g/mol. The summed E-state index contributed by atoms with van der Waals surface area (Å²) in [4.78, 5) is 12.6. The highest BCUT2D eigenvalue weighted by molar-refractivity contribution is 5.81. The summed E-state index contributed by atoms with van der Waals surface area (Å²) in [6, 6.07) is 3.27. The minimum absolute atomic E-state index is 0.0517. The van der Waals surface area contributed by atoms with Crippen molar-refractivity contribution < 1.29 is 13.6 Å². The van der Waals surface area contributed by atoms with E-state index in [0.717, 1.165) is 17.7 Å². The number of nitrogens with one attached hydrogen (secondary N) is 2. The van der Waals surface area contributed by atoms with Crippen LogP contribution in [0.2, 0.25) is 0 Å². The van der Waals surface area contributed by atoms with Crippen LogP contribution in [0.15, 0.2) is 30.6 Å². The van der Waals surface area contributed by atoms with Gasteiger partial charge in [0, 0.05) is 32.3 Å². The number of nitrogens with zero attached hydrogens (tertiary/aromatic N) is 2. The fourth-order valence-electron chi connectivity index (χ4n) is 3.12. The van der Waals surface area contributed by atoms with Crippen molar-refractivity contribution in [2.45, 2.75) is 18.9 Å². The summed E-state index contributed by atoms with van der Waals surface area (Å²) in [7, 11) is 1.84. The molecule has 1 fully saturated rings. The summed E-state index contributed by atoms with van der Waals surface area (Å²) in [6.45, 7) is 3.05. The molecule has 1 aliphatic rings. The van der Waals surface area contributed by atoms with Gasteiger partial charge in [-0.3, -0.25) is 9.48 Å². The van der Waals surface area contributed by atoms with E-state index in [1.54, 1.807) is 17.8 Å². The Kier molecular flexibility index (Phi) is 4.62. The minimum atomic E-state index is -0.913. The zero-order valence-corrected chi connectivity index (χ0v) is 13.6. The lowest BCUT2D eigenvalue weighted by Crippen LogP contribution is -2.36. The van der Waals surface area contributed by atoms with Crippen molar-refractivity contribution in [2.75, 3.05) is 13.1 Å². The second-order valence-corrected chi connectivity index (χ2v) is 6.22. The summed E-state index contributed by atoms with van der Waals surface area (Å²) in [5, 5.41) is 10.3. The molecule has 24 heavy (non-hydrogen) atoms. The molecule has 0 aliphatic carbocycles. The Bertz CT molecular complexity index is 746. The first-order chi connectivity index (χ1) is 11.5. The number of carbonyl (C=O) groups is 1. The van der Waals surface area contributed by atoms with E-state index in [4.69, 9.17) is 0 Å². The first kappa shape index (κ1) is 16.6. The van der Waals surface area contributed by atoms with Crippen molar-refractivity contribution in [3.63, 3.8) is 0 Å². The predicted octanol–water partition coefficient (Wildman–Crippen LogP) is 1.88. The number of hydrogen-bond donors (Lipinski definition) is 2. The van der Waals surface area contributed by atoms with E-state index in [-0.39, 0.29) is 17.7 Å². The number of benzene rings is 1. The zero-order valence-electron chi connectivity index (χ0n) is 13.6. The van der Waals surface area contributed by atoms with Crippen LogP contribution in [0.1, 0.15) is 30.0 Å². The summed E-state index contributed by atoms with van der Waals surface area (Å²) < 4.78 is 28.1. The molecule has 2 aromatic rings.